The average Bonchev–Trinajstić information content (AvgIpc) is 2.15. The van der Waals surface area contributed by atoms with Crippen LogP contribution in [0.5, 0.6) is 11.5 Å². The minimum absolute atomic E-state index is 0.000178. The topological polar surface area (TPSA) is 40.5 Å². The molecular weight excluding hydrogens is 176 g/mol. The zero-order valence-corrected chi connectivity index (χ0v) is 8.58. The predicted molar refractivity (Wildman–Crippen MR) is 56.5 cm³/mol. The molecule has 2 nitrogen and oxygen atoms in total. The monoisotopic (exact) mass is 193 g/mol. The first kappa shape index (κ1) is 10.9. The molecule has 0 amide bonds. The summed E-state index contributed by atoms with van der Waals surface area (Å²) in [7, 11) is 0. The number of unbranched alkanes of at least 4 members (excludes halogenated alkanes) is 3. The molecule has 2 heteroatoms. The molecule has 0 spiro atoms. The summed E-state index contributed by atoms with van der Waals surface area (Å²) in [5.74, 6) is 0.178. The van der Waals surface area contributed by atoms with Gasteiger partial charge >= 0.3 is 0 Å². The van der Waals surface area contributed by atoms with Gasteiger partial charge in [-0.05, 0) is 24.5 Å². The van der Waals surface area contributed by atoms with Gasteiger partial charge in [0, 0.05) is 12.1 Å². The van der Waals surface area contributed by atoms with Crippen LogP contribution in [0.25, 0.3) is 0 Å². The Morgan fingerprint density at radius 2 is 2.00 bits per heavy atom. The highest BCUT2D eigenvalue weighted by Crippen LogP contribution is 2.23. The van der Waals surface area contributed by atoms with E-state index in [0.29, 0.717) is 0 Å². The SMILES string of the molecule is CCCCCCc1c[c]c(O)cc1O. The second-order valence-corrected chi connectivity index (χ2v) is 3.54. The van der Waals surface area contributed by atoms with E-state index in [4.69, 9.17) is 5.11 Å². The van der Waals surface area contributed by atoms with Crippen LogP contribution >= 0.6 is 0 Å². The highest BCUT2D eigenvalue weighted by atomic mass is 16.3. The van der Waals surface area contributed by atoms with Crippen molar-refractivity contribution in [2.24, 2.45) is 0 Å². The highest BCUT2D eigenvalue weighted by molar-refractivity contribution is 5.38. The molecule has 0 aliphatic rings. The number of benzene rings is 1. The van der Waals surface area contributed by atoms with Crippen molar-refractivity contribution in [3.8, 4) is 11.5 Å². The summed E-state index contributed by atoms with van der Waals surface area (Å²) in [5.41, 5.74) is 0.874. The van der Waals surface area contributed by atoms with Crippen LogP contribution in [0.2, 0.25) is 0 Å². The summed E-state index contributed by atoms with van der Waals surface area (Å²) in [4.78, 5) is 0. The summed E-state index contributed by atoms with van der Waals surface area (Å²) in [5, 5.41) is 18.5. The van der Waals surface area contributed by atoms with Crippen LogP contribution < -0.4 is 0 Å². The Labute approximate surface area is 85.2 Å². The van der Waals surface area contributed by atoms with Gasteiger partial charge < -0.3 is 10.2 Å². The molecule has 0 bridgehead atoms. The fraction of sp³-hybridized carbons (Fsp3) is 0.500. The van der Waals surface area contributed by atoms with Crippen LogP contribution in [-0.4, -0.2) is 10.2 Å². The molecule has 0 aliphatic carbocycles. The summed E-state index contributed by atoms with van der Waals surface area (Å²) in [6.45, 7) is 2.17. The number of phenolic OH excluding ortho intramolecular Hbond substituents is 2. The van der Waals surface area contributed by atoms with Crippen LogP contribution in [0.15, 0.2) is 12.1 Å². The minimum atomic E-state index is -0.000178. The van der Waals surface area contributed by atoms with Gasteiger partial charge in [-0.25, -0.2) is 0 Å². The number of aromatic hydroxyl groups is 2. The first-order valence-electron chi connectivity index (χ1n) is 5.16. The van der Waals surface area contributed by atoms with E-state index in [1.165, 1.54) is 25.3 Å². The molecule has 14 heavy (non-hydrogen) atoms. The predicted octanol–water partition coefficient (Wildman–Crippen LogP) is 3.02. The van der Waals surface area contributed by atoms with Crippen molar-refractivity contribution < 1.29 is 10.2 Å². The Balaban J connectivity index is 2.42. The van der Waals surface area contributed by atoms with Crippen molar-refractivity contribution >= 4 is 0 Å². The van der Waals surface area contributed by atoms with E-state index in [9.17, 15) is 5.11 Å². The quantitative estimate of drug-likeness (QED) is 0.706. The molecule has 77 valence electrons. The van der Waals surface area contributed by atoms with E-state index in [1.54, 1.807) is 6.07 Å². The summed E-state index contributed by atoms with van der Waals surface area (Å²) >= 11 is 0. The van der Waals surface area contributed by atoms with E-state index in [0.717, 1.165) is 18.4 Å². The molecule has 0 unspecified atom stereocenters. The summed E-state index contributed by atoms with van der Waals surface area (Å²) in [6.07, 6.45) is 5.59. The Bertz CT molecular complexity index is 282. The molecule has 0 fully saturated rings. The Hall–Kier alpha value is -1.18. The molecular formula is C12H17O2. The molecule has 2 N–H and O–H groups in total. The largest absolute Gasteiger partial charge is 0.508 e. The standard InChI is InChI=1S/C12H17O2/c1-2-3-4-5-6-10-7-8-11(13)9-12(10)14/h7,9,13-14H,2-6H2,1H3. The third-order valence-corrected chi connectivity index (χ3v) is 2.30. The average molecular weight is 193 g/mol. The fourth-order valence-electron chi connectivity index (χ4n) is 1.44. The zero-order chi connectivity index (χ0) is 10.4. The van der Waals surface area contributed by atoms with Crippen molar-refractivity contribution in [3.63, 3.8) is 0 Å². The van der Waals surface area contributed by atoms with E-state index < -0.39 is 0 Å². The van der Waals surface area contributed by atoms with Crippen molar-refractivity contribution in [2.45, 2.75) is 39.0 Å². The molecule has 0 atom stereocenters. The smallest absolute Gasteiger partial charge is 0.127 e. The van der Waals surface area contributed by atoms with Gasteiger partial charge in [0.05, 0.1) is 0 Å². The number of phenols is 2. The van der Waals surface area contributed by atoms with E-state index in [-0.39, 0.29) is 11.5 Å². The first-order valence-corrected chi connectivity index (χ1v) is 5.16. The van der Waals surface area contributed by atoms with Gasteiger partial charge in [-0.2, -0.15) is 0 Å². The fourth-order valence-corrected chi connectivity index (χ4v) is 1.44. The number of aryl methyl sites for hydroxylation is 1. The molecule has 0 saturated carbocycles. The lowest BCUT2D eigenvalue weighted by molar-refractivity contribution is 0.444. The van der Waals surface area contributed by atoms with Gasteiger partial charge in [0.15, 0.2) is 0 Å². The van der Waals surface area contributed by atoms with Gasteiger partial charge in [-0.15, -0.1) is 0 Å². The van der Waals surface area contributed by atoms with Crippen LogP contribution in [0.1, 0.15) is 38.2 Å². The highest BCUT2D eigenvalue weighted by Gasteiger charge is 2.01. The van der Waals surface area contributed by atoms with Crippen molar-refractivity contribution in [1.29, 1.82) is 0 Å². The minimum Gasteiger partial charge on any atom is -0.508 e. The molecule has 0 aromatic heterocycles. The second kappa shape index (κ2) is 5.53. The zero-order valence-electron chi connectivity index (χ0n) is 8.58. The Kier molecular flexibility index (Phi) is 4.30. The molecule has 1 rings (SSSR count). The molecule has 0 aliphatic heterocycles. The third-order valence-electron chi connectivity index (χ3n) is 2.30. The maximum atomic E-state index is 9.47. The van der Waals surface area contributed by atoms with E-state index >= 15 is 0 Å². The lowest BCUT2D eigenvalue weighted by atomic mass is 10.1. The molecule has 0 saturated heterocycles. The maximum absolute atomic E-state index is 9.47. The summed E-state index contributed by atoms with van der Waals surface area (Å²) in [6, 6.07) is 5.68. The van der Waals surface area contributed by atoms with Crippen molar-refractivity contribution in [3.05, 3.63) is 23.8 Å². The second-order valence-electron chi connectivity index (χ2n) is 3.54. The van der Waals surface area contributed by atoms with Gasteiger partial charge in [-0.1, -0.05) is 26.2 Å². The van der Waals surface area contributed by atoms with Crippen LogP contribution in [-0.2, 0) is 6.42 Å². The number of hydrogen-bond donors (Lipinski definition) is 2. The van der Waals surface area contributed by atoms with Gasteiger partial charge in [0.1, 0.15) is 11.5 Å². The Morgan fingerprint density at radius 1 is 1.21 bits per heavy atom. The third kappa shape index (κ3) is 3.29. The van der Waals surface area contributed by atoms with Gasteiger partial charge in [-0.3, -0.25) is 0 Å². The van der Waals surface area contributed by atoms with Crippen LogP contribution in [0, 0.1) is 6.07 Å². The number of rotatable bonds is 5. The van der Waals surface area contributed by atoms with Crippen molar-refractivity contribution in [2.75, 3.05) is 0 Å². The van der Waals surface area contributed by atoms with Gasteiger partial charge in [0.25, 0.3) is 0 Å². The van der Waals surface area contributed by atoms with Crippen molar-refractivity contribution in [1.82, 2.24) is 0 Å². The normalized spacial score (nSPS) is 10.4. The van der Waals surface area contributed by atoms with Gasteiger partial charge in [0.2, 0.25) is 0 Å². The molecule has 1 aromatic carbocycles. The lowest BCUT2D eigenvalue weighted by Gasteiger charge is -2.04. The van der Waals surface area contributed by atoms with Crippen LogP contribution in [0.3, 0.4) is 0 Å². The van der Waals surface area contributed by atoms with E-state index in [2.05, 4.69) is 13.0 Å². The number of hydrogen-bond acceptors (Lipinski definition) is 2. The first-order chi connectivity index (χ1) is 6.74. The molecule has 1 radical (unpaired) electrons. The molecule has 0 heterocycles. The summed E-state index contributed by atoms with van der Waals surface area (Å²) < 4.78 is 0. The maximum Gasteiger partial charge on any atom is 0.127 e. The van der Waals surface area contributed by atoms with Crippen LogP contribution in [0.4, 0.5) is 0 Å². The Morgan fingerprint density at radius 3 is 2.64 bits per heavy atom. The van der Waals surface area contributed by atoms with E-state index in [1.807, 2.05) is 0 Å². The molecule has 1 aromatic rings. The lowest BCUT2D eigenvalue weighted by Crippen LogP contribution is -1.86.